The van der Waals surface area contributed by atoms with Gasteiger partial charge in [0.1, 0.15) is 5.75 Å². The molecule has 138 valence electrons. The number of piperidine rings is 1. The molecule has 2 aliphatic rings. The second-order valence-electron chi connectivity index (χ2n) is 6.76. The number of anilines is 2. The Balaban J connectivity index is 0.00000225. The van der Waals surface area contributed by atoms with Gasteiger partial charge in [0.2, 0.25) is 5.91 Å². The van der Waals surface area contributed by atoms with Crippen molar-refractivity contribution < 1.29 is 14.3 Å². The molecule has 7 heteroatoms. The third-order valence-corrected chi connectivity index (χ3v) is 4.98. The van der Waals surface area contributed by atoms with Crippen molar-refractivity contribution >= 4 is 35.6 Å². The smallest absolute Gasteiger partial charge is 0.264 e. The molecule has 2 heterocycles. The lowest BCUT2D eigenvalue weighted by Gasteiger charge is -2.28. The lowest BCUT2D eigenvalue weighted by atomic mass is 9.85. The number of rotatable bonds is 4. The van der Waals surface area contributed by atoms with Crippen molar-refractivity contribution in [3.63, 3.8) is 0 Å². The molecule has 1 saturated heterocycles. The maximum Gasteiger partial charge on any atom is 0.264 e. The first kappa shape index (κ1) is 19.5. The van der Waals surface area contributed by atoms with E-state index in [9.17, 15) is 9.59 Å². The van der Waals surface area contributed by atoms with Gasteiger partial charge in [0.15, 0.2) is 6.61 Å². The highest BCUT2D eigenvalue weighted by atomic mass is 35.5. The van der Waals surface area contributed by atoms with Gasteiger partial charge < -0.3 is 20.3 Å². The number of hydrogen-bond acceptors (Lipinski definition) is 4. The minimum Gasteiger partial charge on any atom is -0.482 e. The van der Waals surface area contributed by atoms with Gasteiger partial charge in [0.25, 0.3) is 5.91 Å². The van der Waals surface area contributed by atoms with E-state index >= 15 is 0 Å². The van der Waals surface area contributed by atoms with Crippen LogP contribution in [0.15, 0.2) is 18.2 Å². The normalized spacial score (nSPS) is 20.8. The molecular weight excluding hydrogens is 342 g/mol. The van der Waals surface area contributed by atoms with E-state index in [2.05, 4.69) is 17.6 Å². The number of ether oxygens (including phenoxy) is 1. The van der Waals surface area contributed by atoms with E-state index in [0.29, 0.717) is 35.4 Å². The van der Waals surface area contributed by atoms with Gasteiger partial charge in [-0.05, 0) is 56.0 Å². The molecule has 0 bridgehead atoms. The van der Waals surface area contributed by atoms with Gasteiger partial charge in [-0.1, -0.05) is 6.92 Å². The molecule has 0 saturated carbocycles. The highest BCUT2D eigenvalue weighted by Crippen LogP contribution is 2.33. The van der Waals surface area contributed by atoms with Crippen LogP contribution in [0.25, 0.3) is 0 Å². The van der Waals surface area contributed by atoms with Gasteiger partial charge in [0.05, 0.1) is 5.69 Å². The van der Waals surface area contributed by atoms with Crippen LogP contribution >= 0.6 is 12.4 Å². The Hall–Kier alpha value is -1.79. The monoisotopic (exact) mass is 367 g/mol. The summed E-state index contributed by atoms with van der Waals surface area (Å²) in [6.45, 7) is 4.28. The van der Waals surface area contributed by atoms with E-state index < -0.39 is 0 Å². The van der Waals surface area contributed by atoms with Gasteiger partial charge in [-0.15, -0.1) is 12.4 Å². The fraction of sp³-hybridized carbons (Fsp3) is 0.556. The highest BCUT2D eigenvalue weighted by Gasteiger charge is 2.24. The molecule has 2 N–H and O–H groups in total. The van der Waals surface area contributed by atoms with Gasteiger partial charge in [-0.2, -0.15) is 0 Å². The molecule has 2 aliphatic heterocycles. The number of likely N-dealkylation sites (N-methyl/N-ethyl adjacent to an activating group) is 1. The van der Waals surface area contributed by atoms with Crippen LogP contribution in [0.5, 0.6) is 5.75 Å². The van der Waals surface area contributed by atoms with Gasteiger partial charge >= 0.3 is 0 Å². The van der Waals surface area contributed by atoms with E-state index in [1.807, 2.05) is 6.07 Å². The molecule has 1 aromatic carbocycles. The maximum absolute atomic E-state index is 12.3. The van der Waals surface area contributed by atoms with Crippen LogP contribution in [0, 0.1) is 11.8 Å². The third kappa shape index (κ3) is 4.64. The fourth-order valence-corrected chi connectivity index (χ4v) is 3.39. The number of amides is 2. The van der Waals surface area contributed by atoms with Crippen LogP contribution < -0.4 is 20.3 Å². The summed E-state index contributed by atoms with van der Waals surface area (Å²) in [5.74, 6) is 1.49. The van der Waals surface area contributed by atoms with Crippen LogP contribution in [0.3, 0.4) is 0 Å². The van der Waals surface area contributed by atoms with Gasteiger partial charge in [-0.25, -0.2) is 0 Å². The average molecular weight is 368 g/mol. The van der Waals surface area contributed by atoms with Crippen molar-refractivity contribution in [2.75, 3.05) is 37.0 Å². The third-order valence-electron chi connectivity index (χ3n) is 4.98. The van der Waals surface area contributed by atoms with E-state index in [1.54, 1.807) is 24.1 Å². The molecule has 0 aromatic heterocycles. The zero-order chi connectivity index (χ0) is 17.1. The molecule has 2 unspecified atom stereocenters. The number of hydrogen-bond donors (Lipinski definition) is 2. The fourth-order valence-electron chi connectivity index (χ4n) is 3.39. The summed E-state index contributed by atoms with van der Waals surface area (Å²) in [6, 6.07) is 5.40. The van der Waals surface area contributed by atoms with E-state index in [4.69, 9.17) is 4.74 Å². The first-order chi connectivity index (χ1) is 11.5. The summed E-state index contributed by atoms with van der Waals surface area (Å²) in [6.07, 6.45) is 2.88. The highest BCUT2D eigenvalue weighted by molar-refractivity contribution is 5.99. The van der Waals surface area contributed by atoms with Crippen molar-refractivity contribution in [2.45, 2.75) is 26.2 Å². The zero-order valence-electron chi connectivity index (χ0n) is 14.7. The minimum absolute atomic E-state index is 0. The lowest BCUT2D eigenvalue weighted by molar-refractivity contribution is -0.121. The minimum atomic E-state index is -0.0932. The first-order valence-electron chi connectivity index (χ1n) is 8.58. The van der Waals surface area contributed by atoms with Crippen LogP contribution in [-0.4, -0.2) is 38.6 Å². The van der Waals surface area contributed by atoms with Gasteiger partial charge in [-0.3, -0.25) is 9.59 Å². The Bertz CT molecular complexity index is 632. The predicted octanol–water partition coefficient (Wildman–Crippen LogP) is 2.43. The average Bonchev–Trinajstić information content (AvgIpc) is 2.59. The molecular formula is C18H26ClN3O3. The quantitative estimate of drug-likeness (QED) is 0.857. The van der Waals surface area contributed by atoms with Crippen molar-refractivity contribution in [1.82, 2.24) is 5.32 Å². The SMILES string of the molecule is CC(CC(=O)Nc1ccc2c(c1)N(C)C(=O)CO2)C1CCCNC1.Cl. The Kier molecular flexibility index (Phi) is 6.67. The Morgan fingerprint density at radius 3 is 3.00 bits per heavy atom. The largest absolute Gasteiger partial charge is 0.482 e. The van der Waals surface area contributed by atoms with Crippen molar-refractivity contribution in [3.8, 4) is 5.75 Å². The molecule has 1 fully saturated rings. The number of halogens is 1. The molecule has 25 heavy (non-hydrogen) atoms. The van der Waals surface area contributed by atoms with Crippen molar-refractivity contribution in [3.05, 3.63) is 18.2 Å². The predicted molar refractivity (Wildman–Crippen MR) is 101 cm³/mol. The van der Waals surface area contributed by atoms with E-state index in [1.165, 1.54) is 12.8 Å². The Morgan fingerprint density at radius 1 is 1.48 bits per heavy atom. The number of nitrogens with one attached hydrogen (secondary N) is 2. The van der Waals surface area contributed by atoms with E-state index in [0.717, 1.165) is 13.1 Å². The van der Waals surface area contributed by atoms with E-state index in [-0.39, 0.29) is 30.8 Å². The Labute approximate surface area is 154 Å². The van der Waals surface area contributed by atoms with Crippen LogP contribution in [-0.2, 0) is 9.59 Å². The summed E-state index contributed by atoms with van der Waals surface area (Å²) in [7, 11) is 1.72. The first-order valence-corrected chi connectivity index (χ1v) is 8.58. The molecule has 0 aliphatic carbocycles. The topological polar surface area (TPSA) is 70.7 Å². The van der Waals surface area contributed by atoms with Crippen LogP contribution in [0.1, 0.15) is 26.2 Å². The van der Waals surface area contributed by atoms with Crippen molar-refractivity contribution in [1.29, 1.82) is 0 Å². The maximum atomic E-state index is 12.3. The number of carbonyl (C=O) groups is 2. The summed E-state index contributed by atoms with van der Waals surface area (Å²) >= 11 is 0. The molecule has 0 radical (unpaired) electrons. The second kappa shape index (κ2) is 8.54. The number of carbonyl (C=O) groups excluding carboxylic acids is 2. The molecule has 2 atom stereocenters. The molecule has 1 aromatic rings. The summed E-state index contributed by atoms with van der Waals surface area (Å²) in [5, 5.41) is 6.34. The standard InChI is InChI=1S/C18H25N3O3.ClH/c1-12(13-4-3-7-19-10-13)8-17(22)20-14-5-6-16-15(9-14)21(2)18(23)11-24-16;/h5-6,9,12-13,19H,3-4,7-8,10-11H2,1-2H3,(H,20,22);1H. The molecule has 2 amide bonds. The number of fused-ring (bicyclic) bond motifs is 1. The lowest BCUT2D eigenvalue weighted by Crippen LogP contribution is -2.35. The molecule has 3 rings (SSSR count). The molecule has 6 nitrogen and oxygen atoms in total. The van der Waals surface area contributed by atoms with Crippen molar-refractivity contribution in [2.24, 2.45) is 11.8 Å². The molecule has 0 spiro atoms. The summed E-state index contributed by atoms with van der Waals surface area (Å²) < 4.78 is 5.40. The second-order valence-corrected chi connectivity index (χ2v) is 6.76. The van der Waals surface area contributed by atoms with Gasteiger partial charge in [0, 0.05) is 19.2 Å². The van der Waals surface area contributed by atoms with Crippen LogP contribution in [0.4, 0.5) is 11.4 Å². The number of benzene rings is 1. The zero-order valence-corrected chi connectivity index (χ0v) is 15.5. The Morgan fingerprint density at radius 2 is 2.28 bits per heavy atom. The summed E-state index contributed by atoms with van der Waals surface area (Å²) in [4.78, 5) is 25.6. The number of nitrogens with zero attached hydrogens (tertiary/aromatic N) is 1. The van der Waals surface area contributed by atoms with Crippen LogP contribution in [0.2, 0.25) is 0 Å². The summed E-state index contributed by atoms with van der Waals surface area (Å²) in [5.41, 5.74) is 1.38.